The van der Waals surface area contributed by atoms with Gasteiger partial charge in [0.1, 0.15) is 5.82 Å². The Bertz CT molecular complexity index is 352. The highest BCUT2D eigenvalue weighted by molar-refractivity contribution is 5.94. The topological polar surface area (TPSA) is 41.1 Å². The molecule has 4 heteroatoms. The lowest BCUT2D eigenvalue weighted by Crippen LogP contribution is -2.31. The molecule has 1 aromatic carbocycles. The van der Waals surface area contributed by atoms with E-state index in [0.29, 0.717) is 13.1 Å². The van der Waals surface area contributed by atoms with E-state index >= 15 is 0 Å². The largest absolute Gasteiger partial charge is 0.351 e. The third kappa shape index (κ3) is 3.32. The molecule has 0 aliphatic heterocycles. The van der Waals surface area contributed by atoms with E-state index < -0.39 is 5.82 Å². The van der Waals surface area contributed by atoms with Crippen molar-refractivity contribution in [1.82, 2.24) is 10.6 Å². The van der Waals surface area contributed by atoms with E-state index in [-0.39, 0.29) is 11.5 Å². The van der Waals surface area contributed by atoms with Crippen LogP contribution in [0, 0.1) is 12.7 Å². The molecule has 0 heterocycles. The van der Waals surface area contributed by atoms with Gasteiger partial charge in [0.2, 0.25) is 0 Å². The molecule has 3 nitrogen and oxygen atoms in total. The molecule has 1 amide bonds. The number of halogens is 1. The van der Waals surface area contributed by atoms with Crippen LogP contribution in [0.5, 0.6) is 0 Å². The Hall–Kier alpha value is -1.42. The van der Waals surface area contributed by atoms with Gasteiger partial charge in [-0.2, -0.15) is 0 Å². The molecule has 0 aliphatic rings. The molecule has 0 aliphatic carbocycles. The molecule has 0 fully saturated rings. The zero-order valence-electron chi connectivity index (χ0n) is 8.93. The van der Waals surface area contributed by atoms with Crippen LogP contribution < -0.4 is 10.6 Å². The van der Waals surface area contributed by atoms with Crippen molar-refractivity contribution in [2.45, 2.75) is 6.92 Å². The molecule has 1 aromatic rings. The van der Waals surface area contributed by atoms with Crippen molar-refractivity contribution in [3.05, 3.63) is 35.1 Å². The van der Waals surface area contributed by atoms with E-state index in [1.807, 2.05) is 6.92 Å². The molecule has 15 heavy (non-hydrogen) atoms. The highest BCUT2D eigenvalue weighted by Gasteiger charge is 2.10. The standard InChI is InChI=1S/C11H15FN2O/c1-8-3-4-10(12)9(7-8)11(15)14-6-5-13-2/h3-4,7,13H,5-6H2,1-2H3,(H,14,15). The molecule has 0 unspecified atom stereocenters. The third-order valence-electron chi connectivity index (χ3n) is 2.03. The van der Waals surface area contributed by atoms with Crippen LogP contribution in [0.2, 0.25) is 0 Å². The van der Waals surface area contributed by atoms with Crippen LogP contribution in [0.3, 0.4) is 0 Å². The highest BCUT2D eigenvalue weighted by Crippen LogP contribution is 2.09. The summed E-state index contributed by atoms with van der Waals surface area (Å²) in [5.74, 6) is -0.853. The first-order chi connectivity index (χ1) is 7.15. The van der Waals surface area contributed by atoms with Crippen LogP contribution in [-0.2, 0) is 0 Å². The number of benzene rings is 1. The fraction of sp³-hybridized carbons (Fsp3) is 0.364. The van der Waals surface area contributed by atoms with Crippen LogP contribution in [0.1, 0.15) is 15.9 Å². The maximum atomic E-state index is 13.3. The van der Waals surface area contributed by atoms with Crippen molar-refractivity contribution in [3.63, 3.8) is 0 Å². The average Bonchev–Trinajstić information content (AvgIpc) is 2.22. The number of rotatable bonds is 4. The number of hydrogen-bond donors (Lipinski definition) is 2. The maximum absolute atomic E-state index is 13.3. The molecule has 0 radical (unpaired) electrons. The summed E-state index contributed by atoms with van der Waals surface area (Å²) in [6, 6.07) is 4.49. The SMILES string of the molecule is CNCCNC(=O)c1cc(C)ccc1F. The second-order valence-corrected chi connectivity index (χ2v) is 3.34. The van der Waals surface area contributed by atoms with Gasteiger partial charge in [-0.3, -0.25) is 4.79 Å². The third-order valence-corrected chi connectivity index (χ3v) is 2.03. The summed E-state index contributed by atoms with van der Waals surface area (Å²) >= 11 is 0. The van der Waals surface area contributed by atoms with Gasteiger partial charge in [0.25, 0.3) is 5.91 Å². The summed E-state index contributed by atoms with van der Waals surface area (Å²) < 4.78 is 13.3. The summed E-state index contributed by atoms with van der Waals surface area (Å²) in [4.78, 5) is 11.5. The molecule has 0 bridgehead atoms. The number of carbonyl (C=O) groups excluding carboxylic acids is 1. The quantitative estimate of drug-likeness (QED) is 0.730. The summed E-state index contributed by atoms with van der Waals surface area (Å²) in [5.41, 5.74) is 0.973. The Morgan fingerprint density at radius 3 is 2.80 bits per heavy atom. The van der Waals surface area contributed by atoms with Gasteiger partial charge in [-0.05, 0) is 26.1 Å². The second-order valence-electron chi connectivity index (χ2n) is 3.34. The fourth-order valence-electron chi connectivity index (χ4n) is 1.21. The molecule has 1 rings (SSSR count). The minimum absolute atomic E-state index is 0.103. The van der Waals surface area contributed by atoms with Crippen molar-refractivity contribution in [2.75, 3.05) is 20.1 Å². The van der Waals surface area contributed by atoms with Gasteiger partial charge in [0, 0.05) is 13.1 Å². The van der Waals surface area contributed by atoms with Gasteiger partial charge in [-0.15, -0.1) is 0 Å². The van der Waals surface area contributed by atoms with Gasteiger partial charge in [-0.1, -0.05) is 11.6 Å². The smallest absolute Gasteiger partial charge is 0.254 e. The first-order valence-corrected chi connectivity index (χ1v) is 4.84. The fourth-order valence-corrected chi connectivity index (χ4v) is 1.21. The van der Waals surface area contributed by atoms with E-state index in [2.05, 4.69) is 10.6 Å². The zero-order valence-corrected chi connectivity index (χ0v) is 8.93. The normalized spacial score (nSPS) is 10.1. The number of carbonyl (C=O) groups is 1. The Morgan fingerprint density at radius 2 is 2.13 bits per heavy atom. The number of aryl methyl sites for hydroxylation is 1. The van der Waals surface area contributed by atoms with Gasteiger partial charge >= 0.3 is 0 Å². The van der Waals surface area contributed by atoms with E-state index in [0.717, 1.165) is 5.56 Å². The lowest BCUT2D eigenvalue weighted by atomic mass is 10.1. The van der Waals surface area contributed by atoms with Gasteiger partial charge < -0.3 is 10.6 Å². The van der Waals surface area contributed by atoms with Crippen molar-refractivity contribution in [1.29, 1.82) is 0 Å². The Kier molecular flexibility index (Phi) is 4.24. The van der Waals surface area contributed by atoms with Crippen LogP contribution in [0.15, 0.2) is 18.2 Å². The number of nitrogens with one attached hydrogen (secondary N) is 2. The molecule has 0 atom stereocenters. The van der Waals surface area contributed by atoms with Crippen LogP contribution in [0.25, 0.3) is 0 Å². The second kappa shape index (κ2) is 5.46. The number of likely N-dealkylation sites (N-methyl/N-ethyl adjacent to an activating group) is 1. The van der Waals surface area contributed by atoms with Crippen molar-refractivity contribution < 1.29 is 9.18 Å². The molecule has 0 spiro atoms. The van der Waals surface area contributed by atoms with Crippen LogP contribution in [-0.4, -0.2) is 26.0 Å². The highest BCUT2D eigenvalue weighted by atomic mass is 19.1. The molecule has 0 saturated heterocycles. The molecular weight excluding hydrogens is 195 g/mol. The Balaban J connectivity index is 2.68. The number of amides is 1. The predicted molar refractivity (Wildman–Crippen MR) is 57.4 cm³/mol. The van der Waals surface area contributed by atoms with E-state index in [4.69, 9.17) is 0 Å². The minimum Gasteiger partial charge on any atom is -0.351 e. The lowest BCUT2D eigenvalue weighted by molar-refractivity contribution is 0.0950. The Morgan fingerprint density at radius 1 is 1.40 bits per heavy atom. The summed E-state index contributed by atoms with van der Waals surface area (Å²) in [7, 11) is 1.79. The van der Waals surface area contributed by atoms with Crippen LogP contribution >= 0.6 is 0 Å². The van der Waals surface area contributed by atoms with Crippen LogP contribution in [0.4, 0.5) is 4.39 Å². The summed E-state index contributed by atoms with van der Waals surface area (Å²) in [6.45, 7) is 2.98. The predicted octanol–water partition coefficient (Wildman–Crippen LogP) is 1.08. The zero-order chi connectivity index (χ0) is 11.3. The molecule has 2 N–H and O–H groups in total. The molecular formula is C11H15FN2O. The van der Waals surface area contributed by atoms with Gasteiger partial charge in [0.15, 0.2) is 0 Å². The number of hydrogen-bond acceptors (Lipinski definition) is 2. The van der Waals surface area contributed by atoms with Crippen molar-refractivity contribution in [2.24, 2.45) is 0 Å². The Labute approximate surface area is 88.7 Å². The average molecular weight is 210 g/mol. The van der Waals surface area contributed by atoms with E-state index in [1.165, 1.54) is 6.07 Å². The first kappa shape index (κ1) is 11.7. The van der Waals surface area contributed by atoms with E-state index in [1.54, 1.807) is 19.2 Å². The van der Waals surface area contributed by atoms with Gasteiger partial charge in [-0.25, -0.2) is 4.39 Å². The lowest BCUT2D eigenvalue weighted by Gasteiger charge is -2.06. The van der Waals surface area contributed by atoms with E-state index in [9.17, 15) is 9.18 Å². The molecule has 0 aromatic heterocycles. The minimum atomic E-state index is -0.484. The maximum Gasteiger partial charge on any atom is 0.254 e. The van der Waals surface area contributed by atoms with Crippen molar-refractivity contribution in [3.8, 4) is 0 Å². The summed E-state index contributed by atoms with van der Waals surface area (Å²) in [6.07, 6.45) is 0. The van der Waals surface area contributed by atoms with Gasteiger partial charge in [0.05, 0.1) is 5.56 Å². The van der Waals surface area contributed by atoms with Crippen molar-refractivity contribution >= 4 is 5.91 Å². The molecule has 82 valence electrons. The monoisotopic (exact) mass is 210 g/mol. The molecule has 0 saturated carbocycles. The summed E-state index contributed by atoms with van der Waals surface area (Å²) in [5, 5.41) is 5.52. The first-order valence-electron chi connectivity index (χ1n) is 4.84.